The molecule has 0 amide bonds. The van der Waals surface area contributed by atoms with Crippen LogP contribution in [-0.4, -0.2) is 0 Å². The van der Waals surface area contributed by atoms with Gasteiger partial charge in [0, 0.05) is 4.47 Å². The number of benzene rings is 2. The summed E-state index contributed by atoms with van der Waals surface area (Å²) in [7, 11) is 0. The zero-order valence-corrected chi connectivity index (χ0v) is 14.7. The van der Waals surface area contributed by atoms with Gasteiger partial charge in [0.25, 0.3) is 0 Å². The predicted octanol–water partition coefficient (Wildman–Crippen LogP) is 6.56. The van der Waals surface area contributed by atoms with Crippen LogP contribution in [0.15, 0.2) is 40.9 Å². The van der Waals surface area contributed by atoms with Crippen LogP contribution in [0.2, 0.25) is 5.02 Å². The number of hydrogen-bond acceptors (Lipinski definition) is 0. The van der Waals surface area contributed by atoms with Crippen LogP contribution >= 0.6 is 39.1 Å². The average molecular weight is 372 g/mol. The van der Waals surface area contributed by atoms with Crippen molar-refractivity contribution in [3.8, 4) is 0 Å². The summed E-state index contributed by atoms with van der Waals surface area (Å²) in [5, 5.41) is 0.528. The Morgan fingerprint density at radius 2 is 1.80 bits per heavy atom. The van der Waals surface area contributed by atoms with Crippen LogP contribution in [0.3, 0.4) is 0 Å². The van der Waals surface area contributed by atoms with Gasteiger partial charge in [-0.25, -0.2) is 0 Å². The number of halogens is 3. The monoisotopic (exact) mass is 370 g/mol. The maximum atomic E-state index is 6.69. The molecule has 20 heavy (non-hydrogen) atoms. The second-order valence-corrected chi connectivity index (χ2v) is 6.47. The van der Waals surface area contributed by atoms with E-state index in [0.29, 0.717) is 5.02 Å². The van der Waals surface area contributed by atoms with Crippen LogP contribution in [0.4, 0.5) is 0 Å². The van der Waals surface area contributed by atoms with E-state index >= 15 is 0 Å². The van der Waals surface area contributed by atoms with Gasteiger partial charge in [0.1, 0.15) is 0 Å². The van der Waals surface area contributed by atoms with Gasteiger partial charge in [-0.05, 0) is 63.2 Å². The molecule has 106 valence electrons. The molecular formula is C17H17BrCl2. The molecule has 3 heteroatoms. The third-order valence-corrected chi connectivity index (χ3v) is 5.23. The van der Waals surface area contributed by atoms with Crippen molar-refractivity contribution in [2.75, 3.05) is 0 Å². The van der Waals surface area contributed by atoms with Crippen molar-refractivity contribution in [3.63, 3.8) is 0 Å². The lowest BCUT2D eigenvalue weighted by atomic mass is 9.95. The summed E-state index contributed by atoms with van der Waals surface area (Å²) in [5.41, 5.74) is 4.82. The minimum absolute atomic E-state index is 0.165. The molecule has 2 aromatic carbocycles. The molecule has 1 unspecified atom stereocenters. The van der Waals surface area contributed by atoms with Gasteiger partial charge >= 0.3 is 0 Å². The largest absolute Gasteiger partial charge is 0.113 e. The molecule has 0 aliphatic carbocycles. The molecular weight excluding hydrogens is 355 g/mol. The number of aryl methyl sites for hydroxylation is 2. The standard InChI is InChI=1S/C17H17BrCl2/c1-3-11-5-6-12(4-2)14(9-11)17(20)13-7-8-15(18)16(19)10-13/h5-10,17H,3-4H2,1-2H3. The number of rotatable bonds is 4. The van der Waals surface area contributed by atoms with E-state index in [0.717, 1.165) is 22.9 Å². The fraction of sp³-hybridized carbons (Fsp3) is 0.294. The van der Waals surface area contributed by atoms with Crippen molar-refractivity contribution in [3.05, 3.63) is 68.1 Å². The molecule has 0 fully saturated rings. The predicted molar refractivity (Wildman–Crippen MR) is 92.0 cm³/mol. The average Bonchev–Trinajstić information content (AvgIpc) is 2.48. The first-order valence-electron chi connectivity index (χ1n) is 6.77. The summed E-state index contributed by atoms with van der Waals surface area (Å²) in [6, 6.07) is 12.5. The zero-order valence-electron chi connectivity index (χ0n) is 11.6. The summed E-state index contributed by atoms with van der Waals surface area (Å²) >= 11 is 16.3. The molecule has 1 atom stereocenters. The SMILES string of the molecule is CCc1ccc(CC)c(C(Cl)c2ccc(Br)c(Cl)c2)c1. The molecule has 2 rings (SSSR count). The Bertz CT molecular complexity index is 608. The van der Waals surface area contributed by atoms with Crippen LogP contribution in [0.25, 0.3) is 0 Å². The Morgan fingerprint density at radius 1 is 1.05 bits per heavy atom. The highest BCUT2D eigenvalue weighted by Crippen LogP contribution is 2.35. The molecule has 0 nitrogen and oxygen atoms in total. The van der Waals surface area contributed by atoms with Crippen LogP contribution in [0.5, 0.6) is 0 Å². The van der Waals surface area contributed by atoms with Crippen molar-refractivity contribution in [2.45, 2.75) is 32.1 Å². The van der Waals surface area contributed by atoms with Crippen LogP contribution in [-0.2, 0) is 12.8 Å². The topological polar surface area (TPSA) is 0 Å². The van der Waals surface area contributed by atoms with Crippen LogP contribution in [0, 0.1) is 0 Å². The third-order valence-electron chi connectivity index (χ3n) is 3.51. The van der Waals surface area contributed by atoms with E-state index < -0.39 is 0 Å². The molecule has 0 bridgehead atoms. The second-order valence-electron chi connectivity index (χ2n) is 4.78. The minimum atomic E-state index is -0.165. The van der Waals surface area contributed by atoms with E-state index in [9.17, 15) is 0 Å². The van der Waals surface area contributed by atoms with E-state index in [2.05, 4.69) is 48.0 Å². The van der Waals surface area contributed by atoms with Gasteiger partial charge in [-0.2, -0.15) is 0 Å². The quantitative estimate of drug-likeness (QED) is 0.534. The first kappa shape index (κ1) is 15.9. The fourth-order valence-corrected chi connectivity index (χ4v) is 3.05. The maximum Gasteiger partial charge on any atom is 0.0838 e. The number of hydrogen-bond donors (Lipinski definition) is 0. The lowest BCUT2D eigenvalue weighted by Gasteiger charge is -2.16. The molecule has 0 aromatic heterocycles. The molecule has 0 N–H and O–H groups in total. The fourth-order valence-electron chi connectivity index (χ4n) is 2.27. The van der Waals surface area contributed by atoms with Gasteiger partial charge < -0.3 is 0 Å². The first-order chi connectivity index (χ1) is 9.56. The highest BCUT2D eigenvalue weighted by molar-refractivity contribution is 9.10. The Balaban J connectivity index is 2.45. The molecule has 0 aliphatic rings. The Hall–Kier alpha value is -0.500. The van der Waals surface area contributed by atoms with Gasteiger partial charge in [-0.1, -0.05) is 49.7 Å². The van der Waals surface area contributed by atoms with E-state index in [1.807, 2.05) is 18.2 Å². The van der Waals surface area contributed by atoms with Crippen molar-refractivity contribution < 1.29 is 0 Å². The lowest BCUT2D eigenvalue weighted by molar-refractivity contribution is 1.02. The Morgan fingerprint density at radius 3 is 2.40 bits per heavy atom. The summed E-state index contributed by atoms with van der Waals surface area (Å²) in [4.78, 5) is 0. The number of alkyl halides is 1. The Kier molecular flexibility index (Phi) is 5.54. The van der Waals surface area contributed by atoms with Gasteiger partial charge in [0.05, 0.1) is 10.4 Å². The van der Waals surface area contributed by atoms with Crippen LogP contribution < -0.4 is 0 Å². The molecule has 0 saturated carbocycles. The normalized spacial score (nSPS) is 12.4. The van der Waals surface area contributed by atoms with E-state index in [4.69, 9.17) is 23.2 Å². The molecule has 0 spiro atoms. The van der Waals surface area contributed by atoms with Crippen LogP contribution in [0.1, 0.15) is 41.5 Å². The molecule has 0 heterocycles. The molecule has 0 saturated heterocycles. The highest BCUT2D eigenvalue weighted by Gasteiger charge is 2.15. The van der Waals surface area contributed by atoms with E-state index in [1.54, 1.807) is 0 Å². The van der Waals surface area contributed by atoms with Gasteiger partial charge in [0.2, 0.25) is 0 Å². The smallest absolute Gasteiger partial charge is 0.0838 e. The molecule has 0 radical (unpaired) electrons. The Labute approximate surface area is 139 Å². The second kappa shape index (κ2) is 6.98. The summed E-state index contributed by atoms with van der Waals surface area (Å²) in [6.07, 6.45) is 1.99. The highest BCUT2D eigenvalue weighted by atomic mass is 79.9. The van der Waals surface area contributed by atoms with Gasteiger partial charge in [-0.15, -0.1) is 11.6 Å². The lowest BCUT2D eigenvalue weighted by Crippen LogP contribution is -2.00. The maximum absolute atomic E-state index is 6.69. The summed E-state index contributed by atoms with van der Waals surface area (Å²) in [6.45, 7) is 4.31. The molecule has 0 aliphatic heterocycles. The van der Waals surface area contributed by atoms with E-state index in [-0.39, 0.29) is 5.38 Å². The summed E-state index contributed by atoms with van der Waals surface area (Å²) in [5.74, 6) is 0. The van der Waals surface area contributed by atoms with Crippen molar-refractivity contribution in [1.82, 2.24) is 0 Å². The molecule has 2 aromatic rings. The minimum Gasteiger partial charge on any atom is -0.113 e. The van der Waals surface area contributed by atoms with Crippen molar-refractivity contribution >= 4 is 39.1 Å². The van der Waals surface area contributed by atoms with E-state index in [1.165, 1.54) is 16.7 Å². The van der Waals surface area contributed by atoms with Gasteiger partial charge in [0.15, 0.2) is 0 Å². The van der Waals surface area contributed by atoms with Crippen molar-refractivity contribution in [1.29, 1.82) is 0 Å². The summed E-state index contributed by atoms with van der Waals surface area (Å²) < 4.78 is 0.893. The van der Waals surface area contributed by atoms with Crippen molar-refractivity contribution in [2.24, 2.45) is 0 Å². The third kappa shape index (κ3) is 3.39. The first-order valence-corrected chi connectivity index (χ1v) is 8.38. The van der Waals surface area contributed by atoms with Gasteiger partial charge in [-0.3, -0.25) is 0 Å². The zero-order chi connectivity index (χ0) is 14.7.